The third-order valence-electron chi connectivity index (χ3n) is 3.04. The predicted molar refractivity (Wildman–Crippen MR) is 63.2 cm³/mol. The van der Waals surface area contributed by atoms with Crippen LogP contribution in [-0.2, 0) is 4.79 Å². The Kier molecular flexibility index (Phi) is 3.44. The molecule has 1 fully saturated rings. The highest BCUT2D eigenvalue weighted by atomic mass is 35.5. The predicted octanol–water partition coefficient (Wildman–Crippen LogP) is 2.23. The van der Waals surface area contributed by atoms with Gasteiger partial charge in [0.15, 0.2) is 0 Å². The maximum absolute atomic E-state index is 11.8. The fraction of sp³-hybridized carbons (Fsp3) is 0.500. The minimum Gasteiger partial charge on any atom is -0.334 e. The number of pyridine rings is 1. The Labute approximate surface area is 100 Å². The number of aromatic nitrogens is 1. The molecule has 0 aliphatic carbocycles. The van der Waals surface area contributed by atoms with Crippen LogP contribution in [0.4, 0.5) is 0 Å². The first kappa shape index (κ1) is 11.4. The molecule has 1 saturated heterocycles. The molecule has 0 radical (unpaired) electrons. The van der Waals surface area contributed by atoms with Crippen LogP contribution in [0.5, 0.6) is 0 Å². The van der Waals surface area contributed by atoms with Crippen LogP contribution in [0, 0.1) is 5.92 Å². The maximum atomic E-state index is 11.8. The molecule has 16 heavy (non-hydrogen) atoms. The van der Waals surface area contributed by atoms with E-state index in [2.05, 4.69) is 4.98 Å². The molecular formula is C12H15ClN2O. The molecule has 0 aromatic carbocycles. The number of hydrogen-bond acceptors (Lipinski definition) is 2. The molecule has 86 valence electrons. The summed E-state index contributed by atoms with van der Waals surface area (Å²) in [4.78, 5) is 17.9. The van der Waals surface area contributed by atoms with Gasteiger partial charge in [0.1, 0.15) is 0 Å². The van der Waals surface area contributed by atoms with E-state index in [1.54, 1.807) is 6.20 Å². The van der Waals surface area contributed by atoms with Crippen LogP contribution in [0.2, 0.25) is 0 Å². The van der Waals surface area contributed by atoms with Crippen molar-refractivity contribution in [1.82, 2.24) is 9.88 Å². The van der Waals surface area contributed by atoms with E-state index in [-0.39, 0.29) is 11.9 Å². The lowest BCUT2D eigenvalue weighted by molar-refractivity contribution is -0.129. The molecule has 2 heterocycles. The summed E-state index contributed by atoms with van der Waals surface area (Å²) in [5, 5.41) is 0. The molecule has 0 saturated carbocycles. The third-order valence-corrected chi connectivity index (χ3v) is 3.48. The number of rotatable bonds is 3. The van der Waals surface area contributed by atoms with Crippen molar-refractivity contribution in [3.8, 4) is 0 Å². The molecule has 4 heteroatoms. The normalized spacial score (nSPS) is 22.5. The summed E-state index contributed by atoms with van der Waals surface area (Å²) in [6.45, 7) is 2.76. The quantitative estimate of drug-likeness (QED) is 0.757. The highest BCUT2D eigenvalue weighted by molar-refractivity contribution is 6.18. The van der Waals surface area contributed by atoms with Crippen LogP contribution in [0.15, 0.2) is 24.4 Å². The van der Waals surface area contributed by atoms with Crippen molar-refractivity contribution in [2.75, 3.05) is 12.4 Å². The Morgan fingerprint density at radius 1 is 1.62 bits per heavy atom. The summed E-state index contributed by atoms with van der Waals surface area (Å²) in [7, 11) is 0. The molecule has 0 spiro atoms. The molecule has 1 aliphatic rings. The summed E-state index contributed by atoms with van der Waals surface area (Å²) in [6, 6.07) is 5.82. The van der Waals surface area contributed by atoms with Crippen molar-refractivity contribution in [3.05, 3.63) is 30.1 Å². The number of carbonyl (C=O) groups is 1. The summed E-state index contributed by atoms with van der Waals surface area (Å²) < 4.78 is 0. The second-order valence-corrected chi connectivity index (χ2v) is 4.51. The minimum atomic E-state index is 0.0434. The number of amides is 1. The average molecular weight is 239 g/mol. The van der Waals surface area contributed by atoms with Gasteiger partial charge in [-0.2, -0.15) is 0 Å². The van der Waals surface area contributed by atoms with Gasteiger partial charge < -0.3 is 4.90 Å². The molecule has 2 rings (SSSR count). The average Bonchev–Trinajstić information content (AvgIpc) is 2.71. The van der Waals surface area contributed by atoms with Crippen LogP contribution in [0.25, 0.3) is 0 Å². The standard InChI is InChI=1S/C12H15ClN2O/c1-9(11-4-2-3-5-14-11)15-8-10(7-13)6-12(15)16/h2-5,9-10H,6-8H2,1H3/t9-,10?/m0/s1. The molecule has 1 aromatic heterocycles. The lowest BCUT2D eigenvalue weighted by Gasteiger charge is -2.24. The number of halogens is 1. The van der Waals surface area contributed by atoms with Crippen molar-refractivity contribution >= 4 is 17.5 Å². The SMILES string of the molecule is C[C@@H](c1ccccn1)N1CC(CCl)CC1=O. The van der Waals surface area contributed by atoms with Gasteiger partial charge in [-0.05, 0) is 25.0 Å². The van der Waals surface area contributed by atoms with Gasteiger partial charge in [0.2, 0.25) is 5.91 Å². The largest absolute Gasteiger partial charge is 0.334 e. The maximum Gasteiger partial charge on any atom is 0.223 e. The van der Waals surface area contributed by atoms with Gasteiger partial charge in [0.25, 0.3) is 0 Å². The van der Waals surface area contributed by atoms with Crippen LogP contribution in [0.3, 0.4) is 0 Å². The number of alkyl halides is 1. The van der Waals surface area contributed by atoms with Crippen molar-refractivity contribution in [2.24, 2.45) is 5.92 Å². The molecule has 1 amide bonds. The van der Waals surface area contributed by atoms with E-state index in [1.807, 2.05) is 30.0 Å². The van der Waals surface area contributed by atoms with Crippen LogP contribution in [-0.4, -0.2) is 28.2 Å². The first-order valence-electron chi connectivity index (χ1n) is 5.48. The number of nitrogens with zero attached hydrogens (tertiary/aromatic N) is 2. The van der Waals surface area contributed by atoms with Crippen molar-refractivity contribution in [3.63, 3.8) is 0 Å². The first-order chi connectivity index (χ1) is 7.72. The second kappa shape index (κ2) is 4.83. The van der Waals surface area contributed by atoms with E-state index in [0.717, 1.165) is 12.2 Å². The third kappa shape index (κ3) is 2.19. The smallest absolute Gasteiger partial charge is 0.223 e. The number of carbonyl (C=O) groups excluding carboxylic acids is 1. The van der Waals surface area contributed by atoms with Gasteiger partial charge in [-0.3, -0.25) is 9.78 Å². The van der Waals surface area contributed by atoms with E-state index >= 15 is 0 Å². The molecular weight excluding hydrogens is 224 g/mol. The Morgan fingerprint density at radius 3 is 3.00 bits per heavy atom. The van der Waals surface area contributed by atoms with Crippen molar-refractivity contribution < 1.29 is 4.79 Å². The topological polar surface area (TPSA) is 33.2 Å². The van der Waals surface area contributed by atoms with E-state index in [0.29, 0.717) is 18.2 Å². The second-order valence-electron chi connectivity index (χ2n) is 4.20. The van der Waals surface area contributed by atoms with Gasteiger partial charge in [0, 0.05) is 25.0 Å². The number of likely N-dealkylation sites (tertiary alicyclic amines) is 1. The number of hydrogen-bond donors (Lipinski definition) is 0. The molecule has 0 bridgehead atoms. The molecule has 2 atom stereocenters. The van der Waals surface area contributed by atoms with E-state index in [9.17, 15) is 4.79 Å². The van der Waals surface area contributed by atoms with Crippen LogP contribution >= 0.6 is 11.6 Å². The van der Waals surface area contributed by atoms with Gasteiger partial charge >= 0.3 is 0 Å². The molecule has 0 N–H and O–H groups in total. The van der Waals surface area contributed by atoms with Gasteiger partial charge in [-0.1, -0.05) is 6.07 Å². The fourth-order valence-corrected chi connectivity index (χ4v) is 2.28. The Hall–Kier alpha value is -1.09. The first-order valence-corrected chi connectivity index (χ1v) is 6.02. The Morgan fingerprint density at radius 2 is 2.44 bits per heavy atom. The molecule has 1 aliphatic heterocycles. The van der Waals surface area contributed by atoms with Gasteiger partial charge in [-0.15, -0.1) is 11.6 Å². The molecule has 1 unspecified atom stereocenters. The Bertz CT molecular complexity index is 369. The van der Waals surface area contributed by atoms with Crippen molar-refractivity contribution in [1.29, 1.82) is 0 Å². The van der Waals surface area contributed by atoms with Gasteiger partial charge in [0.05, 0.1) is 11.7 Å². The van der Waals surface area contributed by atoms with Gasteiger partial charge in [-0.25, -0.2) is 0 Å². The summed E-state index contributed by atoms with van der Waals surface area (Å²) in [5.41, 5.74) is 0.936. The minimum absolute atomic E-state index is 0.0434. The summed E-state index contributed by atoms with van der Waals surface area (Å²) >= 11 is 5.79. The Balaban J connectivity index is 2.11. The summed E-state index contributed by atoms with van der Waals surface area (Å²) in [5.74, 6) is 1.03. The molecule has 1 aromatic rings. The highest BCUT2D eigenvalue weighted by Crippen LogP contribution is 2.27. The fourth-order valence-electron chi connectivity index (χ4n) is 2.07. The lowest BCUT2D eigenvalue weighted by atomic mass is 10.1. The molecule has 3 nitrogen and oxygen atoms in total. The van der Waals surface area contributed by atoms with Crippen LogP contribution in [0.1, 0.15) is 25.1 Å². The highest BCUT2D eigenvalue weighted by Gasteiger charge is 2.32. The zero-order valence-corrected chi connectivity index (χ0v) is 10.0. The monoisotopic (exact) mass is 238 g/mol. The lowest BCUT2D eigenvalue weighted by Crippen LogP contribution is -2.29. The zero-order chi connectivity index (χ0) is 11.5. The van der Waals surface area contributed by atoms with E-state index in [1.165, 1.54) is 0 Å². The summed E-state index contributed by atoms with van der Waals surface area (Å²) in [6.07, 6.45) is 2.33. The van der Waals surface area contributed by atoms with E-state index in [4.69, 9.17) is 11.6 Å². The zero-order valence-electron chi connectivity index (χ0n) is 9.27. The van der Waals surface area contributed by atoms with Crippen molar-refractivity contribution in [2.45, 2.75) is 19.4 Å². The van der Waals surface area contributed by atoms with E-state index < -0.39 is 0 Å². The van der Waals surface area contributed by atoms with Crippen LogP contribution < -0.4 is 0 Å².